The number of hydrogen-bond donors (Lipinski definition) is 0. The number of benzene rings is 2. The summed E-state index contributed by atoms with van der Waals surface area (Å²) < 4.78 is 43.4. The van der Waals surface area contributed by atoms with Crippen molar-refractivity contribution in [2.75, 3.05) is 31.2 Å². The molecule has 0 amide bonds. The van der Waals surface area contributed by atoms with Crippen LogP contribution in [0.25, 0.3) is 11.0 Å². The number of nitrogens with zero attached hydrogens (tertiary/aromatic N) is 5. The van der Waals surface area contributed by atoms with E-state index >= 15 is 0 Å². The summed E-state index contributed by atoms with van der Waals surface area (Å²) in [5.74, 6) is -0.759. The van der Waals surface area contributed by atoms with E-state index in [1.807, 2.05) is 15.9 Å². The molecule has 0 radical (unpaired) electrons. The highest BCUT2D eigenvalue weighted by Gasteiger charge is 2.35. The van der Waals surface area contributed by atoms with Crippen LogP contribution in [0.4, 0.5) is 18.9 Å². The number of piperazine rings is 1. The van der Waals surface area contributed by atoms with Gasteiger partial charge >= 0.3 is 0 Å². The van der Waals surface area contributed by atoms with Gasteiger partial charge in [0.15, 0.2) is 0 Å². The zero-order chi connectivity index (χ0) is 26.1. The van der Waals surface area contributed by atoms with E-state index in [0.717, 1.165) is 11.1 Å². The zero-order valence-electron chi connectivity index (χ0n) is 20.1. The summed E-state index contributed by atoms with van der Waals surface area (Å²) in [6.07, 6.45) is 0. The topological polar surface area (TPSA) is 65.2 Å². The number of aryl methyl sites for hydroxylation is 1. The second-order valence-electron chi connectivity index (χ2n) is 9.10. The van der Waals surface area contributed by atoms with Crippen molar-refractivity contribution in [3.8, 4) is 6.07 Å². The van der Waals surface area contributed by atoms with E-state index in [0.29, 0.717) is 29.8 Å². The smallest absolute Gasteiger partial charge is 0.252 e. The summed E-state index contributed by atoms with van der Waals surface area (Å²) in [7, 11) is 1.64. The molecule has 2 aromatic carbocycles. The third-order valence-electron chi connectivity index (χ3n) is 6.93. The number of nitriles is 1. The van der Waals surface area contributed by atoms with Crippen LogP contribution < -0.4 is 10.5 Å². The lowest BCUT2D eigenvalue weighted by molar-refractivity contribution is 0.116. The fourth-order valence-electron chi connectivity index (χ4n) is 5.05. The molecule has 1 atom stereocenters. The van der Waals surface area contributed by atoms with Gasteiger partial charge in [-0.15, -0.1) is 0 Å². The fraction of sp³-hybridized carbons (Fsp3) is 0.250. The number of halogens is 3. The lowest BCUT2D eigenvalue weighted by Gasteiger charge is -2.45. The number of hydrogen-bond acceptors (Lipinski definition) is 5. The zero-order valence-corrected chi connectivity index (χ0v) is 20.1. The van der Waals surface area contributed by atoms with Gasteiger partial charge in [-0.25, -0.2) is 18.2 Å². The van der Waals surface area contributed by atoms with E-state index in [2.05, 4.69) is 4.98 Å². The summed E-state index contributed by atoms with van der Waals surface area (Å²) in [4.78, 5) is 21.1. The maximum absolute atomic E-state index is 14.6. The summed E-state index contributed by atoms with van der Waals surface area (Å²) >= 11 is 0. The Hall–Kier alpha value is -4.16. The molecular formula is C28H24F3N5O. The van der Waals surface area contributed by atoms with Gasteiger partial charge in [0, 0.05) is 32.7 Å². The summed E-state index contributed by atoms with van der Waals surface area (Å²) in [6, 6.07) is 17.8. The van der Waals surface area contributed by atoms with Crippen molar-refractivity contribution in [1.82, 2.24) is 14.5 Å². The van der Waals surface area contributed by atoms with E-state index in [9.17, 15) is 23.2 Å². The summed E-state index contributed by atoms with van der Waals surface area (Å²) in [5.41, 5.74) is 3.15. The molecule has 37 heavy (non-hydrogen) atoms. The van der Waals surface area contributed by atoms with Crippen molar-refractivity contribution in [1.29, 1.82) is 5.26 Å². The Kier molecular flexibility index (Phi) is 6.68. The van der Waals surface area contributed by atoms with Crippen LogP contribution in [0.5, 0.6) is 0 Å². The molecule has 0 N–H and O–H groups in total. The molecule has 1 aliphatic rings. The second kappa shape index (κ2) is 10.1. The Bertz CT molecular complexity index is 1480. The van der Waals surface area contributed by atoms with Crippen LogP contribution in [0.2, 0.25) is 0 Å². The largest absolute Gasteiger partial charge is 0.367 e. The molecule has 1 aliphatic heterocycles. The number of alkyl halides is 1. The average molecular weight is 504 g/mol. The monoisotopic (exact) mass is 503 g/mol. The molecule has 0 spiro atoms. The molecule has 4 aromatic rings. The van der Waals surface area contributed by atoms with E-state index < -0.39 is 18.8 Å². The maximum atomic E-state index is 14.6. The molecular weight excluding hydrogens is 479 g/mol. The minimum absolute atomic E-state index is 0.223. The molecule has 1 saturated heterocycles. The van der Waals surface area contributed by atoms with Crippen molar-refractivity contribution in [2.24, 2.45) is 7.05 Å². The lowest BCUT2D eigenvalue weighted by atomic mass is 9.94. The highest BCUT2D eigenvalue weighted by atomic mass is 19.1. The highest BCUT2D eigenvalue weighted by molar-refractivity contribution is 5.88. The van der Waals surface area contributed by atoms with Gasteiger partial charge in [0.1, 0.15) is 35.6 Å². The maximum Gasteiger partial charge on any atom is 0.252 e. The van der Waals surface area contributed by atoms with Gasteiger partial charge < -0.3 is 9.47 Å². The number of aromatic nitrogens is 2. The Morgan fingerprint density at radius 1 is 1.00 bits per heavy atom. The first-order valence-electron chi connectivity index (χ1n) is 11.9. The van der Waals surface area contributed by atoms with Crippen molar-refractivity contribution >= 4 is 16.7 Å². The summed E-state index contributed by atoms with van der Waals surface area (Å²) in [5, 5.41) is 9.35. The van der Waals surface area contributed by atoms with Crippen molar-refractivity contribution in [3.05, 3.63) is 106 Å². The van der Waals surface area contributed by atoms with Gasteiger partial charge in [-0.3, -0.25) is 9.69 Å². The van der Waals surface area contributed by atoms with Crippen molar-refractivity contribution in [2.45, 2.75) is 12.1 Å². The van der Waals surface area contributed by atoms with Gasteiger partial charge in [-0.05, 0) is 47.5 Å². The van der Waals surface area contributed by atoms with Gasteiger partial charge in [0.2, 0.25) is 0 Å². The Morgan fingerprint density at radius 2 is 1.62 bits per heavy atom. The third-order valence-corrected chi connectivity index (χ3v) is 6.93. The Balaban J connectivity index is 1.54. The normalized spacial score (nSPS) is 16.3. The number of anilines is 1. The molecule has 0 bridgehead atoms. The minimum atomic E-state index is -0.672. The second-order valence-corrected chi connectivity index (χ2v) is 9.10. The molecule has 9 heteroatoms. The highest BCUT2D eigenvalue weighted by Crippen LogP contribution is 2.34. The first-order valence-corrected chi connectivity index (χ1v) is 11.9. The first-order chi connectivity index (χ1) is 17.9. The van der Waals surface area contributed by atoms with Crippen LogP contribution in [0.1, 0.15) is 22.9 Å². The van der Waals surface area contributed by atoms with E-state index in [-0.39, 0.29) is 29.4 Å². The Labute approximate surface area is 211 Å². The van der Waals surface area contributed by atoms with Crippen molar-refractivity contribution in [3.63, 3.8) is 0 Å². The number of rotatable bonds is 5. The average Bonchev–Trinajstić information content (AvgIpc) is 2.92. The molecule has 3 heterocycles. The standard InChI is InChI=1S/C28H24F3N5O/c1-34-24-11-10-22(16-32)33-27(24)25(14-26(34)37)35-12-13-36(23(15-29)17-35)28(18-2-6-20(30)7-3-18)19-4-8-21(31)9-5-19/h2-11,14,23,28H,12-13,15,17H2,1H3. The number of fused-ring (bicyclic) bond motifs is 1. The predicted molar refractivity (Wildman–Crippen MR) is 135 cm³/mol. The van der Waals surface area contributed by atoms with E-state index in [1.165, 1.54) is 34.9 Å². The van der Waals surface area contributed by atoms with Crippen LogP contribution in [0.15, 0.2) is 71.5 Å². The molecule has 5 rings (SSSR count). The quantitative estimate of drug-likeness (QED) is 0.406. The van der Waals surface area contributed by atoms with Gasteiger partial charge in [0.25, 0.3) is 5.56 Å². The van der Waals surface area contributed by atoms with Crippen LogP contribution in [0, 0.1) is 23.0 Å². The third kappa shape index (κ3) is 4.68. The van der Waals surface area contributed by atoms with Crippen molar-refractivity contribution < 1.29 is 13.2 Å². The number of pyridine rings is 2. The fourth-order valence-corrected chi connectivity index (χ4v) is 5.05. The van der Waals surface area contributed by atoms with Gasteiger partial charge in [-0.2, -0.15) is 5.26 Å². The molecule has 6 nitrogen and oxygen atoms in total. The van der Waals surface area contributed by atoms with Crippen LogP contribution in [-0.4, -0.2) is 46.8 Å². The molecule has 1 unspecified atom stereocenters. The molecule has 188 valence electrons. The first kappa shape index (κ1) is 24.5. The summed E-state index contributed by atoms with van der Waals surface area (Å²) in [6.45, 7) is 0.462. The molecule has 0 aliphatic carbocycles. The van der Waals surface area contributed by atoms with Crippen LogP contribution in [0.3, 0.4) is 0 Å². The SMILES string of the molecule is Cn1c(=O)cc(N2CCN(C(c3ccc(F)cc3)c3ccc(F)cc3)C(CF)C2)c2nc(C#N)ccc21. The molecule has 2 aromatic heterocycles. The minimum Gasteiger partial charge on any atom is -0.367 e. The van der Waals surface area contributed by atoms with Crippen LogP contribution >= 0.6 is 0 Å². The van der Waals surface area contributed by atoms with Gasteiger partial charge in [-0.1, -0.05) is 24.3 Å². The van der Waals surface area contributed by atoms with E-state index in [4.69, 9.17) is 0 Å². The van der Waals surface area contributed by atoms with E-state index in [1.54, 1.807) is 43.4 Å². The van der Waals surface area contributed by atoms with Crippen LogP contribution in [-0.2, 0) is 7.05 Å². The molecule has 0 saturated carbocycles. The van der Waals surface area contributed by atoms with Gasteiger partial charge in [0.05, 0.1) is 23.3 Å². The molecule has 1 fully saturated rings. The Morgan fingerprint density at radius 3 is 2.19 bits per heavy atom. The lowest BCUT2D eigenvalue weighted by Crippen LogP contribution is -2.55. The predicted octanol–water partition coefficient (Wildman–Crippen LogP) is 4.33.